The number of carbonyl (C=O) groups excluding carboxylic acids is 1. The fourth-order valence-corrected chi connectivity index (χ4v) is 2.64. The molecule has 0 bridgehead atoms. The Labute approximate surface area is 148 Å². The van der Waals surface area contributed by atoms with Crippen LogP contribution in [0.4, 0.5) is 0 Å². The molecule has 2 aromatic rings. The Bertz CT molecular complexity index is 757. The van der Waals surface area contributed by atoms with Gasteiger partial charge in [-0.3, -0.25) is 4.79 Å². The zero-order valence-corrected chi connectivity index (χ0v) is 15.2. The molecule has 4 heteroatoms. The van der Waals surface area contributed by atoms with Gasteiger partial charge < -0.3 is 10.4 Å². The average Bonchev–Trinajstić information content (AvgIpc) is 2.53. The van der Waals surface area contributed by atoms with Crippen LogP contribution in [-0.2, 0) is 16.6 Å². The van der Waals surface area contributed by atoms with Crippen molar-refractivity contribution in [2.45, 2.75) is 45.6 Å². The van der Waals surface area contributed by atoms with Gasteiger partial charge in [0.1, 0.15) is 6.04 Å². The normalized spacial score (nSPS) is 12.5. The van der Waals surface area contributed by atoms with E-state index in [1.54, 1.807) is 12.1 Å². The Kier molecular flexibility index (Phi) is 5.62. The summed E-state index contributed by atoms with van der Waals surface area (Å²) in [6, 6.07) is 14.0. The number of carbonyl (C=O) groups is 2. The molecule has 0 spiro atoms. The zero-order valence-electron chi connectivity index (χ0n) is 15.2. The summed E-state index contributed by atoms with van der Waals surface area (Å²) >= 11 is 0. The fraction of sp³-hybridized carbons (Fsp3) is 0.333. The van der Waals surface area contributed by atoms with Crippen LogP contribution in [0, 0.1) is 6.92 Å². The minimum atomic E-state index is -1.04. The first-order valence-corrected chi connectivity index (χ1v) is 8.36. The van der Waals surface area contributed by atoms with Crippen LogP contribution in [0.2, 0.25) is 0 Å². The van der Waals surface area contributed by atoms with Crippen molar-refractivity contribution >= 4 is 11.9 Å². The van der Waals surface area contributed by atoms with Crippen molar-refractivity contribution in [1.82, 2.24) is 5.32 Å². The van der Waals surface area contributed by atoms with E-state index in [9.17, 15) is 14.7 Å². The number of benzene rings is 2. The van der Waals surface area contributed by atoms with E-state index in [-0.39, 0.29) is 17.7 Å². The van der Waals surface area contributed by atoms with Gasteiger partial charge in [-0.1, -0.05) is 62.7 Å². The largest absolute Gasteiger partial charge is 0.480 e. The van der Waals surface area contributed by atoms with Crippen molar-refractivity contribution < 1.29 is 14.7 Å². The molecule has 0 fully saturated rings. The smallest absolute Gasteiger partial charge is 0.326 e. The van der Waals surface area contributed by atoms with E-state index in [0.29, 0.717) is 5.56 Å². The summed E-state index contributed by atoms with van der Waals surface area (Å²) < 4.78 is 0. The van der Waals surface area contributed by atoms with Crippen LogP contribution < -0.4 is 5.32 Å². The van der Waals surface area contributed by atoms with Gasteiger partial charge in [0, 0.05) is 12.0 Å². The molecule has 0 saturated carbocycles. The molecule has 0 aliphatic rings. The number of amides is 1. The highest BCUT2D eigenvalue weighted by Gasteiger charge is 2.21. The van der Waals surface area contributed by atoms with E-state index in [4.69, 9.17) is 0 Å². The van der Waals surface area contributed by atoms with Crippen molar-refractivity contribution in [3.8, 4) is 0 Å². The predicted octanol–water partition coefficient (Wildman–Crippen LogP) is 3.72. The number of rotatable bonds is 5. The quantitative estimate of drug-likeness (QED) is 0.872. The molecular formula is C21H25NO3. The molecule has 1 amide bonds. The van der Waals surface area contributed by atoms with E-state index in [2.05, 4.69) is 26.1 Å². The second-order valence-electron chi connectivity index (χ2n) is 7.38. The summed E-state index contributed by atoms with van der Waals surface area (Å²) in [5.74, 6) is -1.42. The molecule has 0 aromatic heterocycles. The monoisotopic (exact) mass is 339 g/mol. The molecule has 0 heterocycles. The lowest BCUT2D eigenvalue weighted by Crippen LogP contribution is -2.42. The molecule has 4 nitrogen and oxygen atoms in total. The Hall–Kier alpha value is -2.62. The Balaban J connectivity index is 2.11. The number of carboxylic acid groups (broad SMARTS) is 1. The first-order chi connectivity index (χ1) is 11.7. The van der Waals surface area contributed by atoms with Crippen LogP contribution in [0.15, 0.2) is 48.5 Å². The van der Waals surface area contributed by atoms with Crippen LogP contribution in [0.5, 0.6) is 0 Å². The van der Waals surface area contributed by atoms with E-state index < -0.39 is 12.0 Å². The fourth-order valence-electron chi connectivity index (χ4n) is 2.64. The topological polar surface area (TPSA) is 66.4 Å². The van der Waals surface area contributed by atoms with Crippen molar-refractivity contribution in [3.63, 3.8) is 0 Å². The summed E-state index contributed by atoms with van der Waals surface area (Å²) in [5.41, 5.74) is 3.53. The molecule has 132 valence electrons. The molecular weight excluding hydrogens is 314 g/mol. The van der Waals surface area contributed by atoms with Crippen molar-refractivity contribution in [2.24, 2.45) is 0 Å². The minimum Gasteiger partial charge on any atom is -0.480 e. The lowest BCUT2D eigenvalue weighted by atomic mass is 9.86. The first-order valence-electron chi connectivity index (χ1n) is 8.36. The molecule has 25 heavy (non-hydrogen) atoms. The van der Waals surface area contributed by atoms with Crippen molar-refractivity contribution in [3.05, 3.63) is 70.8 Å². The lowest BCUT2D eigenvalue weighted by Gasteiger charge is -2.19. The van der Waals surface area contributed by atoms with Crippen LogP contribution in [0.3, 0.4) is 0 Å². The van der Waals surface area contributed by atoms with Crippen LogP contribution in [0.25, 0.3) is 0 Å². The third-order valence-electron chi connectivity index (χ3n) is 4.14. The summed E-state index contributed by atoms with van der Waals surface area (Å²) in [6.45, 7) is 8.26. The summed E-state index contributed by atoms with van der Waals surface area (Å²) in [6.07, 6.45) is 0.253. The molecule has 2 aromatic carbocycles. The van der Waals surface area contributed by atoms with Gasteiger partial charge in [-0.2, -0.15) is 0 Å². The molecule has 1 atom stereocenters. The first kappa shape index (κ1) is 18.7. The maximum Gasteiger partial charge on any atom is 0.326 e. The SMILES string of the molecule is Cc1cccc(C[C@@H](NC(=O)c2ccc(C(C)(C)C)cc2)C(=O)O)c1. The van der Waals surface area contributed by atoms with Crippen molar-refractivity contribution in [1.29, 1.82) is 0 Å². The minimum absolute atomic E-state index is 0.00375. The maximum atomic E-state index is 12.4. The summed E-state index contributed by atoms with van der Waals surface area (Å²) in [5, 5.41) is 12.1. The predicted molar refractivity (Wildman–Crippen MR) is 98.9 cm³/mol. The van der Waals surface area contributed by atoms with E-state index in [0.717, 1.165) is 16.7 Å². The van der Waals surface area contributed by atoms with Crippen LogP contribution >= 0.6 is 0 Å². The molecule has 0 aliphatic carbocycles. The van der Waals surface area contributed by atoms with E-state index in [1.165, 1.54) is 0 Å². The highest BCUT2D eigenvalue weighted by molar-refractivity contribution is 5.96. The van der Waals surface area contributed by atoms with Gasteiger partial charge in [-0.15, -0.1) is 0 Å². The van der Waals surface area contributed by atoms with Crippen molar-refractivity contribution in [2.75, 3.05) is 0 Å². The Morgan fingerprint density at radius 3 is 2.24 bits per heavy atom. The number of aliphatic carboxylic acids is 1. The van der Waals surface area contributed by atoms with E-state index in [1.807, 2.05) is 43.3 Å². The highest BCUT2D eigenvalue weighted by Crippen LogP contribution is 2.22. The molecule has 2 N–H and O–H groups in total. The Morgan fingerprint density at radius 1 is 1.08 bits per heavy atom. The second kappa shape index (κ2) is 7.51. The number of hydrogen-bond acceptors (Lipinski definition) is 2. The molecule has 2 rings (SSSR count). The van der Waals surface area contributed by atoms with Gasteiger partial charge in [0.05, 0.1) is 0 Å². The van der Waals surface area contributed by atoms with Gasteiger partial charge in [-0.05, 0) is 35.6 Å². The molecule has 0 radical (unpaired) electrons. The standard InChI is InChI=1S/C21H25NO3/c1-14-6-5-7-15(12-14)13-18(20(24)25)22-19(23)16-8-10-17(11-9-16)21(2,3)4/h5-12,18H,13H2,1-4H3,(H,22,23)(H,24,25)/t18-/m1/s1. The van der Waals surface area contributed by atoms with Crippen LogP contribution in [-0.4, -0.2) is 23.0 Å². The second-order valence-corrected chi connectivity index (χ2v) is 7.38. The number of nitrogens with one attached hydrogen (secondary N) is 1. The third-order valence-corrected chi connectivity index (χ3v) is 4.14. The average molecular weight is 339 g/mol. The van der Waals surface area contributed by atoms with Gasteiger partial charge in [0.2, 0.25) is 0 Å². The summed E-state index contributed by atoms with van der Waals surface area (Å²) in [4.78, 5) is 23.9. The van der Waals surface area contributed by atoms with Gasteiger partial charge in [0.15, 0.2) is 0 Å². The lowest BCUT2D eigenvalue weighted by molar-refractivity contribution is -0.139. The maximum absolute atomic E-state index is 12.4. The number of hydrogen-bond donors (Lipinski definition) is 2. The van der Waals surface area contributed by atoms with Crippen LogP contribution in [0.1, 0.15) is 47.8 Å². The van der Waals surface area contributed by atoms with Gasteiger partial charge >= 0.3 is 5.97 Å². The summed E-state index contributed by atoms with van der Waals surface area (Å²) in [7, 11) is 0. The number of carboxylic acids is 1. The third kappa shape index (κ3) is 5.18. The highest BCUT2D eigenvalue weighted by atomic mass is 16.4. The zero-order chi connectivity index (χ0) is 18.6. The van der Waals surface area contributed by atoms with Gasteiger partial charge in [0.25, 0.3) is 5.91 Å². The molecule has 0 aliphatic heterocycles. The number of aryl methyl sites for hydroxylation is 1. The molecule has 0 unspecified atom stereocenters. The van der Waals surface area contributed by atoms with Gasteiger partial charge in [-0.25, -0.2) is 4.79 Å². The Morgan fingerprint density at radius 2 is 1.72 bits per heavy atom. The van der Waals surface area contributed by atoms with E-state index >= 15 is 0 Å². The molecule has 0 saturated heterocycles.